The van der Waals surface area contributed by atoms with Crippen molar-refractivity contribution in [3.63, 3.8) is 0 Å². The Morgan fingerprint density at radius 1 is 1.50 bits per heavy atom. The van der Waals surface area contributed by atoms with Crippen LogP contribution in [0.2, 0.25) is 0 Å². The molecule has 0 radical (unpaired) electrons. The smallest absolute Gasteiger partial charge is 0.790 e. The van der Waals surface area contributed by atoms with Crippen molar-refractivity contribution in [3.8, 4) is 0 Å². The van der Waals surface area contributed by atoms with Crippen molar-refractivity contribution in [1.82, 2.24) is 14.8 Å². The number of aromatic amines is 1. The summed E-state index contributed by atoms with van der Waals surface area (Å²) in [4.78, 5) is 45.0. The minimum absolute atomic E-state index is 0. The molecule has 14 heteroatoms. The molecule has 11 nitrogen and oxygen atoms in total. The first-order valence-electron chi connectivity index (χ1n) is 5.44. The van der Waals surface area contributed by atoms with E-state index in [0.29, 0.717) is 0 Å². The monoisotopic (exact) mass is 353 g/mol. The van der Waals surface area contributed by atoms with E-state index in [2.05, 4.69) is 9.62 Å². The molecular formula is C8H10N3Na2O8P. The van der Waals surface area contributed by atoms with Crippen LogP contribution < -0.4 is 80.2 Å². The number of nitrogens with zero attached hydrogens (tertiary/aromatic N) is 2. The molecule has 1 fully saturated rings. The average Bonchev–Trinajstić information content (AvgIpc) is 2.67. The Balaban J connectivity index is 0.00000220. The van der Waals surface area contributed by atoms with Gasteiger partial charge in [0.15, 0.2) is 6.23 Å². The van der Waals surface area contributed by atoms with Crippen molar-refractivity contribution in [1.29, 1.82) is 0 Å². The summed E-state index contributed by atoms with van der Waals surface area (Å²) in [6, 6.07) is 0. The van der Waals surface area contributed by atoms with Crippen LogP contribution in [0.3, 0.4) is 0 Å². The summed E-state index contributed by atoms with van der Waals surface area (Å²) < 4.78 is 20.3. The number of hydrogen-bond acceptors (Lipinski definition) is 9. The number of phosphoric ester groups is 1. The van der Waals surface area contributed by atoms with E-state index in [1.165, 1.54) is 0 Å². The third-order valence-electron chi connectivity index (χ3n) is 2.61. The van der Waals surface area contributed by atoms with Gasteiger partial charge in [0, 0.05) is 6.42 Å². The molecule has 1 aromatic heterocycles. The van der Waals surface area contributed by atoms with Gasteiger partial charge in [0.1, 0.15) is 12.3 Å². The minimum Gasteiger partial charge on any atom is -0.790 e. The van der Waals surface area contributed by atoms with Gasteiger partial charge in [-0.2, -0.15) is 9.78 Å². The molecule has 1 aliphatic heterocycles. The number of aliphatic hydroxyl groups is 1. The van der Waals surface area contributed by atoms with Crippen molar-refractivity contribution in [2.24, 2.45) is 0 Å². The number of rotatable bonds is 4. The first-order valence-corrected chi connectivity index (χ1v) is 6.90. The van der Waals surface area contributed by atoms with Crippen LogP contribution in [0.1, 0.15) is 12.6 Å². The molecule has 1 aliphatic rings. The second-order valence-electron chi connectivity index (χ2n) is 4.06. The van der Waals surface area contributed by atoms with E-state index in [1.54, 1.807) is 0 Å². The number of nitrogens with one attached hydrogen (secondary N) is 1. The molecule has 0 aliphatic carbocycles. The molecule has 112 valence electrons. The number of aliphatic hydroxyl groups excluding tert-OH is 1. The molecule has 0 amide bonds. The molecule has 2 rings (SSSR count). The third-order valence-corrected chi connectivity index (χ3v) is 3.08. The van der Waals surface area contributed by atoms with E-state index >= 15 is 0 Å². The zero-order valence-electron chi connectivity index (χ0n) is 11.9. The normalized spacial score (nSPS) is 24.4. The third kappa shape index (κ3) is 6.27. The summed E-state index contributed by atoms with van der Waals surface area (Å²) in [7, 11) is -5.18. The molecule has 22 heavy (non-hydrogen) atoms. The zero-order valence-corrected chi connectivity index (χ0v) is 16.8. The number of H-pyrrole nitrogens is 1. The molecular weight excluding hydrogens is 343 g/mol. The Hall–Kier alpha value is 0.640. The van der Waals surface area contributed by atoms with Crippen LogP contribution in [-0.2, 0) is 13.8 Å². The van der Waals surface area contributed by atoms with E-state index in [-0.39, 0.29) is 65.5 Å². The van der Waals surface area contributed by atoms with E-state index in [0.717, 1.165) is 10.9 Å². The summed E-state index contributed by atoms with van der Waals surface area (Å²) in [5.41, 5.74) is -1.53. The van der Waals surface area contributed by atoms with Gasteiger partial charge < -0.3 is 28.7 Å². The van der Waals surface area contributed by atoms with Crippen LogP contribution >= 0.6 is 7.82 Å². The second-order valence-corrected chi connectivity index (χ2v) is 5.21. The topological polar surface area (TPSA) is 170 Å². The van der Waals surface area contributed by atoms with Gasteiger partial charge in [0.25, 0.3) is 5.56 Å². The first-order chi connectivity index (χ1) is 9.26. The number of ether oxygens (including phenoxy) is 1. The van der Waals surface area contributed by atoms with Crippen LogP contribution in [0.15, 0.2) is 15.8 Å². The SMILES string of the molecule is O=c1cnn(C2C[C@H](O)[C@@H](COP(=O)([O-])[O-])O2)c(=O)[nH]1.[Na+].[Na+]. The maximum Gasteiger partial charge on any atom is 1.00 e. The summed E-state index contributed by atoms with van der Waals surface area (Å²) in [5.74, 6) is 0. The van der Waals surface area contributed by atoms with Gasteiger partial charge in [-0.05, 0) is 0 Å². The molecule has 1 unspecified atom stereocenters. The molecule has 1 aromatic rings. The summed E-state index contributed by atoms with van der Waals surface area (Å²) >= 11 is 0. The van der Waals surface area contributed by atoms with Crippen LogP contribution in [0.4, 0.5) is 0 Å². The van der Waals surface area contributed by atoms with Gasteiger partial charge in [0.2, 0.25) is 0 Å². The van der Waals surface area contributed by atoms with E-state index in [4.69, 9.17) is 4.74 Å². The van der Waals surface area contributed by atoms with E-state index < -0.39 is 44.1 Å². The van der Waals surface area contributed by atoms with Crippen molar-refractivity contribution < 1.29 is 87.8 Å². The fourth-order valence-electron chi connectivity index (χ4n) is 1.75. The Labute approximate surface area is 167 Å². The van der Waals surface area contributed by atoms with Crippen molar-refractivity contribution in [2.45, 2.75) is 24.9 Å². The maximum atomic E-state index is 11.5. The quantitative estimate of drug-likeness (QED) is 0.394. The Kier molecular flexibility index (Phi) is 9.48. The van der Waals surface area contributed by atoms with Crippen molar-refractivity contribution in [2.75, 3.05) is 6.61 Å². The van der Waals surface area contributed by atoms with Gasteiger partial charge in [-0.1, -0.05) is 0 Å². The molecule has 0 spiro atoms. The molecule has 0 bridgehead atoms. The molecule has 0 aromatic carbocycles. The maximum absolute atomic E-state index is 11.5. The van der Waals surface area contributed by atoms with Crippen LogP contribution in [-0.4, -0.2) is 38.7 Å². The van der Waals surface area contributed by atoms with Gasteiger partial charge in [0.05, 0.1) is 20.5 Å². The van der Waals surface area contributed by atoms with Gasteiger partial charge in [-0.3, -0.25) is 9.78 Å². The minimum atomic E-state index is -5.18. The predicted octanol–water partition coefficient (Wildman–Crippen LogP) is -9.57. The fraction of sp³-hybridized carbons (Fsp3) is 0.625. The van der Waals surface area contributed by atoms with Crippen LogP contribution in [0.5, 0.6) is 0 Å². The molecule has 3 atom stereocenters. The predicted molar refractivity (Wildman–Crippen MR) is 57.2 cm³/mol. The van der Waals surface area contributed by atoms with Gasteiger partial charge in [-0.25, -0.2) is 4.79 Å². The summed E-state index contributed by atoms with van der Waals surface area (Å²) in [6.45, 7) is -0.667. The van der Waals surface area contributed by atoms with Crippen LogP contribution in [0.25, 0.3) is 0 Å². The zero-order chi connectivity index (χ0) is 14.9. The largest absolute Gasteiger partial charge is 1.00 e. The van der Waals surface area contributed by atoms with Gasteiger partial charge >= 0.3 is 64.8 Å². The molecule has 1 saturated heterocycles. The molecule has 2 heterocycles. The van der Waals surface area contributed by atoms with Crippen LogP contribution in [0, 0.1) is 0 Å². The molecule has 2 N–H and O–H groups in total. The second kappa shape index (κ2) is 9.21. The van der Waals surface area contributed by atoms with Crippen molar-refractivity contribution >= 4 is 7.82 Å². The Morgan fingerprint density at radius 3 is 2.68 bits per heavy atom. The average molecular weight is 353 g/mol. The summed E-state index contributed by atoms with van der Waals surface area (Å²) in [5, 5.41) is 13.2. The standard InChI is InChI=1S/C8H12N3O8P.2Na/c12-4-1-7(11-8(14)10-6(13)2-9-11)19-5(4)3-18-20(15,16)17;;/h2,4-5,7,12H,1,3H2,(H,10,13,14)(H2,15,16,17);;/q;2*+1/p-2/t4-,5+,7?;;/m0../s1. The first kappa shape index (κ1) is 22.6. The number of phosphoric acid groups is 1. The fourth-order valence-corrected chi connectivity index (χ4v) is 2.08. The number of aromatic nitrogens is 3. The Morgan fingerprint density at radius 2 is 2.14 bits per heavy atom. The summed E-state index contributed by atoms with van der Waals surface area (Å²) in [6.07, 6.45) is -2.47. The Bertz CT molecular complexity index is 645. The van der Waals surface area contributed by atoms with E-state index in [1.807, 2.05) is 4.98 Å². The van der Waals surface area contributed by atoms with Crippen molar-refractivity contribution in [3.05, 3.63) is 27.0 Å². The van der Waals surface area contributed by atoms with Gasteiger partial charge in [-0.15, -0.1) is 0 Å². The van der Waals surface area contributed by atoms with E-state index in [9.17, 15) is 29.0 Å². The molecule has 0 saturated carbocycles. The number of hydrogen-bond donors (Lipinski definition) is 2.